The highest BCUT2D eigenvalue weighted by Gasteiger charge is 2.29. The summed E-state index contributed by atoms with van der Waals surface area (Å²) in [6, 6.07) is 13.1. The lowest BCUT2D eigenvalue weighted by atomic mass is 9.93. The Balaban J connectivity index is 2.41. The summed E-state index contributed by atoms with van der Waals surface area (Å²) in [6.45, 7) is 1.78. The third-order valence-electron chi connectivity index (χ3n) is 3.01. The topological polar surface area (TPSA) is 35.8 Å². The van der Waals surface area contributed by atoms with Gasteiger partial charge in [0.1, 0.15) is 5.54 Å². The van der Waals surface area contributed by atoms with Gasteiger partial charge in [-0.05, 0) is 53.2 Å². The van der Waals surface area contributed by atoms with Crippen molar-refractivity contribution in [3.63, 3.8) is 0 Å². The molecule has 6 heteroatoms. The molecule has 0 radical (unpaired) electrons. The van der Waals surface area contributed by atoms with Gasteiger partial charge < -0.3 is 5.32 Å². The summed E-state index contributed by atoms with van der Waals surface area (Å²) in [5, 5.41) is 13.9. The smallest absolute Gasteiger partial charge is 0.149 e. The molecule has 0 aliphatic carbocycles. The third kappa shape index (κ3) is 3.73. The summed E-state index contributed by atoms with van der Waals surface area (Å²) in [7, 11) is 0. The van der Waals surface area contributed by atoms with E-state index in [0.717, 1.165) is 14.6 Å². The van der Waals surface area contributed by atoms with Crippen molar-refractivity contribution in [2.24, 2.45) is 0 Å². The van der Waals surface area contributed by atoms with E-state index < -0.39 is 5.54 Å². The van der Waals surface area contributed by atoms with Crippen molar-refractivity contribution >= 4 is 60.7 Å². The first kappa shape index (κ1) is 16.6. The highest BCUT2D eigenvalue weighted by molar-refractivity contribution is 9.10. The van der Waals surface area contributed by atoms with E-state index >= 15 is 0 Å². The van der Waals surface area contributed by atoms with Gasteiger partial charge in [0.15, 0.2) is 0 Å². The molecule has 1 N–H and O–H groups in total. The molecule has 0 heterocycles. The van der Waals surface area contributed by atoms with Crippen molar-refractivity contribution in [1.82, 2.24) is 0 Å². The first-order valence-corrected chi connectivity index (χ1v) is 8.30. The number of hydrogen-bond donors (Lipinski definition) is 1. The van der Waals surface area contributed by atoms with Crippen molar-refractivity contribution in [3.05, 3.63) is 61.0 Å². The number of rotatable bonds is 3. The van der Waals surface area contributed by atoms with E-state index in [-0.39, 0.29) is 0 Å². The molecule has 0 bridgehead atoms. The molecule has 2 aromatic carbocycles. The number of hydrogen-bond acceptors (Lipinski definition) is 2. The molecule has 0 saturated heterocycles. The highest BCUT2D eigenvalue weighted by atomic mass is 79.9. The van der Waals surface area contributed by atoms with Crippen LogP contribution in [0.2, 0.25) is 10.0 Å². The first-order chi connectivity index (χ1) is 9.85. The molecule has 2 rings (SSSR count). The van der Waals surface area contributed by atoms with Gasteiger partial charge in [-0.25, -0.2) is 0 Å². The SMILES string of the molecule is CC(C#N)(Nc1ccc(Cl)c(Br)c1)c1ccc(Br)cc1Cl. The summed E-state index contributed by atoms with van der Waals surface area (Å²) < 4.78 is 1.63. The van der Waals surface area contributed by atoms with Gasteiger partial charge in [-0.1, -0.05) is 45.2 Å². The molecule has 0 aliphatic heterocycles. The lowest BCUT2D eigenvalue weighted by Gasteiger charge is -2.26. The predicted octanol–water partition coefficient (Wildman–Crippen LogP) is 6.37. The molecule has 0 aliphatic rings. The number of nitriles is 1. The van der Waals surface area contributed by atoms with E-state index in [1.54, 1.807) is 19.1 Å². The number of nitrogens with one attached hydrogen (secondary N) is 1. The van der Waals surface area contributed by atoms with Crippen molar-refractivity contribution in [2.75, 3.05) is 5.32 Å². The molecule has 1 unspecified atom stereocenters. The Labute approximate surface area is 150 Å². The summed E-state index contributed by atoms with van der Waals surface area (Å²) in [6.07, 6.45) is 0. The zero-order chi connectivity index (χ0) is 15.6. The van der Waals surface area contributed by atoms with Crippen LogP contribution in [0.25, 0.3) is 0 Å². The van der Waals surface area contributed by atoms with Gasteiger partial charge in [0.25, 0.3) is 0 Å². The van der Waals surface area contributed by atoms with Crippen LogP contribution >= 0.6 is 55.1 Å². The van der Waals surface area contributed by atoms with Gasteiger partial charge in [0, 0.05) is 25.2 Å². The number of halogens is 4. The number of anilines is 1. The molecule has 2 nitrogen and oxygen atoms in total. The molecule has 0 spiro atoms. The van der Waals surface area contributed by atoms with E-state index in [4.69, 9.17) is 23.2 Å². The van der Waals surface area contributed by atoms with Crippen LogP contribution in [0.1, 0.15) is 12.5 Å². The first-order valence-electron chi connectivity index (χ1n) is 5.96. The maximum Gasteiger partial charge on any atom is 0.149 e. The molecule has 21 heavy (non-hydrogen) atoms. The Bertz CT molecular complexity index is 728. The summed E-state index contributed by atoms with van der Waals surface area (Å²) in [4.78, 5) is 0. The van der Waals surface area contributed by atoms with Crippen LogP contribution in [0.15, 0.2) is 45.3 Å². The van der Waals surface area contributed by atoms with E-state index in [2.05, 4.69) is 43.2 Å². The fraction of sp³-hybridized carbons (Fsp3) is 0.133. The summed E-state index contributed by atoms with van der Waals surface area (Å²) in [5.74, 6) is 0. The van der Waals surface area contributed by atoms with Crippen LogP contribution in [0, 0.1) is 11.3 Å². The molecular weight excluding hydrogens is 439 g/mol. The van der Waals surface area contributed by atoms with Gasteiger partial charge in [-0.3, -0.25) is 0 Å². The van der Waals surface area contributed by atoms with E-state index in [1.807, 2.05) is 24.3 Å². The fourth-order valence-electron chi connectivity index (χ4n) is 1.91. The van der Waals surface area contributed by atoms with Gasteiger partial charge in [-0.15, -0.1) is 0 Å². The molecule has 108 valence electrons. The molecule has 1 atom stereocenters. The predicted molar refractivity (Wildman–Crippen MR) is 94.9 cm³/mol. The maximum atomic E-state index is 9.60. The van der Waals surface area contributed by atoms with Gasteiger partial charge in [0.05, 0.1) is 11.1 Å². The number of benzene rings is 2. The largest absolute Gasteiger partial charge is 0.364 e. The van der Waals surface area contributed by atoms with Crippen LogP contribution in [0.4, 0.5) is 5.69 Å². The fourth-order valence-corrected chi connectivity index (χ4v) is 3.27. The van der Waals surface area contributed by atoms with E-state index in [9.17, 15) is 5.26 Å². The van der Waals surface area contributed by atoms with E-state index in [1.165, 1.54) is 0 Å². The highest BCUT2D eigenvalue weighted by Crippen LogP contribution is 2.34. The summed E-state index contributed by atoms with van der Waals surface area (Å²) in [5.41, 5.74) is 0.528. The molecular formula is C15H10Br2Cl2N2. The average molecular weight is 449 g/mol. The monoisotopic (exact) mass is 446 g/mol. The van der Waals surface area contributed by atoms with Crippen LogP contribution < -0.4 is 5.32 Å². The maximum absolute atomic E-state index is 9.60. The Morgan fingerprint density at radius 1 is 1.10 bits per heavy atom. The second kappa shape index (κ2) is 6.58. The quantitative estimate of drug-likeness (QED) is 0.592. The van der Waals surface area contributed by atoms with Gasteiger partial charge >= 0.3 is 0 Å². The average Bonchev–Trinajstić information content (AvgIpc) is 2.42. The van der Waals surface area contributed by atoms with Gasteiger partial charge in [0.2, 0.25) is 0 Å². The molecule has 0 aromatic heterocycles. The Kier molecular flexibility index (Phi) is 5.21. The second-order valence-electron chi connectivity index (χ2n) is 4.61. The zero-order valence-corrected chi connectivity index (χ0v) is 15.6. The van der Waals surface area contributed by atoms with Crippen LogP contribution in [0.5, 0.6) is 0 Å². The van der Waals surface area contributed by atoms with E-state index in [0.29, 0.717) is 15.6 Å². The summed E-state index contributed by atoms with van der Waals surface area (Å²) >= 11 is 19.0. The lowest BCUT2D eigenvalue weighted by molar-refractivity contribution is 0.706. The Morgan fingerprint density at radius 2 is 1.81 bits per heavy atom. The zero-order valence-electron chi connectivity index (χ0n) is 10.9. The van der Waals surface area contributed by atoms with Crippen molar-refractivity contribution in [3.8, 4) is 6.07 Å². The minimum absolute atomic E-state index is 0.522. The van der Waals surface area contributed by atoms with Crippen molar-refractivity contribution in [1.29, 1.82) is 5.26 Å². The Morgan fingerprint density at radius 3 is 2.38 bits per heavy atom. The standard InChI is InChI=1S/C15H10Br2Cl2N2/c1-15(8-20,11-4-2-9(16)6-14(11)19)21-10-3-5-13(18)12(17)7-10/h2-7,21H,1H3. The van der Waals surface area contributed by atoms with Crippen LogP contribution in [-0.2, 0) is 5.54 Å². The minimum atomic E-state index is -0.953. The van der Waals surface area contributed by atoms with Gasteiger partial charge in [-0.2, -0.15) is 5.26 Å². The van der Waals surface area contributed by atoms with Crippen molar-refractivity contribution in [2.45, 2.75) is 12.5 Å². The normalized spacial score (nSPS) is 13.3. The molecule has 0 saturated carbocycles. The molecule has 0 fully saturated rings. The molecule has 2 aromatic rings. The molecule has 0 amide bonds. The third-order valence-corrected chi connectivity index (χ3v) is 5.03. The van der Waals surface area contributed by atoms with Crippen LogP contribution in [-0.4, -0.2) is 0 Å². The van der Waals surface area contributed by atoms with Crippen LogP contribution in [0.3, 0.4) is 0 Å². The minimum Gasteiger partial charge on any atom is -0.364 e. The Hall–Kier alpha value is -0.730. The lowest BCUT2D eigenvalue weighted by Crippen LogP contribution is -2.30. The number of nitrogens with zero attached hydrogens (tertiary/aromatic N) is 1. The second-order valence-corrected chi connectivity index (χ2v) is 7.20. The van der Waals surface area contributed by atoms with Crippen molar-refractivity contribution < 1.29 is 0 Å².